The zero-order chi connectivity index (χ0) is 40.7. The third kappa shape index (κ3) is 8.70. The maximum Gasteiger partial charge on any atom is 0.416 e. The van der Waals surface area contributed by atoms with Crippen LogP contribution in [0, 0.1) is 5.82 Å². The highest BCUT2D eigenvalue weighted by Crippen LogP contribution is 2.31. The SMILES string of the molecule is [2H]C([2H])(Sc1nc(=O)c2c(n1C([2H])([2H])C(=O)N(Cc1ccc(-c3ccc(C(F)(F)F)cc3)cc1)C([2H])([2H])C([2H])([2H])N(CC)CC)CCC2)c1ccc(F)cc1. The van der Waals surface area contributed by atoms with Crippen LogP contribution in [0.4, 0.5) is 17.6 Å². The van der Waals surface area contributed by atoms with Crippen molar-refractivity contribution in [2.75, 3.05) is 26.1 Å². The number of alkyl halides is 3. The van der Waals surface area contributed by atoms with Crippen LogP contribution in [0.3, 0.4) is 0 Å². The Balaban J connectivity index is 1.60. The van der Waals surface area contributed by atoms with Crippen molar-refractivity contribution in [2.45, 2.75) is 63.2 Å². The number of nitrogens with zero attached hydrogens (tertiary/aromatic N) is 4. The zero-order valence-electron chi connectivity index (χ0n) is 33.7. The van der Waals surface area contributed by atoms with Gasteiger partial charge in [-0.15, -0.1) is 0 Å². The van der Waals surface area contributed by atoms with Crippen molar-refractivity contribution < 1.29 is 33.3 Å². The fourth-order valence-corrected chi connectivity index (χ4v) is 5.72. The Morgan fingerprint density at radius 3 is 2.15 bits per heavy atom. The predicted octanol–water partition coefficient (Wildman–Crippen LogP) is 7.22. The van der Waals surface area contributed by atoms with Gasteiger partial charge in [-0.2, -0.15) is 18.2 Å². The lowest BCUT2D eigenvalue weighted by molar-refractivity contribution is -0.137. The number of hydrogen-bond donors (Lipinski definition) is 0. The monoisotopic (exact) mass is 674 g/mol. The summed E-state index contributed by atoms with van der Waals surface area (Å²) in [5.41, 5.74) is -2.74. The molecule has 0 bridgehead atoms. The largest absolute Gasteiger partial charge is 0.416 e. The van der Waals surface area contributed by atoms with E-state index in [9.17, 15) is 29.9 Å². The number of benzene rings is 3. The lowest BCUT2D eigenvalue weighted by atomic mass is 10.0. The average Bonchev–Trinajstić information content (AvgIpc) is 3.61. The minimum Gasteiger partial charge on any atom is -0.336 e. The fraction of sp³-hybridized carbons (Fsp3) is 0.361. The van der Waals surface area contributed by atoms with Gasteiger partial charge in [-0.1, -0.05) is 74.1 Å². The van der Waals surface area contributed by atoms with Gasteiger partial charge in [-0.3, -0.25) is 9.59 Å². The first kappa shape index (κ1) is 25.1. The van der Waals surface area contributed by atoms with Gasteiger partial charge >= 0.3 is 6.18 Å². The molecular weight excluding hydrogens is 628 g/mol. The Bertz CT molecular complexity index is 2080. The van der Waals surface area contributed by atoms with Crippen LogP contribution in [0.1, 0.15) is 59.2 Å². The van der Waals surface area contributed by atoms with Gasteiger partial charge in [0.2, 0.25) is 5.91 Å². The molecule has 47 heavy (non-hydrogen) atoms. The molecule has 0 N–H and O–H groups in total. The summed E-state index contributed by atoms with van der Waals surface area (Å²) in [6, 6.07) is 14.8. The minimum absolute atomic E-state index is 0.0240. The number of carbonyl (C=O) groups is 1. The predicted molar refractivity (Wildman–Crippen MR) is 177 cm³/mol. The Morgan fingerprint density at radius 1 is 0.915 bits per heavy atom. The smallest absolute Gasteiger partial charge is 0.336 e. The molecule has 11 heteroatoms. The van der Waals surface area contributed by atoms with Gasteiger partial charge in [0.1, 0.15) is 12.3 Å². The van der Waals surface area contributed by atoms with Gasteiger partial charge in [0.25, 0.3) is 5.56 Å². The molecule has 1 heterocycles. The molecule has 0 fully saturated rings. The van der Waals surface area contributed by atoms with Gasteiger partial charge in [-0.25, -0.2) is 4.39 Å². The van der Waals surface area contributed by atoms with Gasteiger partial charge in [0.05, 0.1) is 11.0 Å². The van der Waals surface area contributed by atoms with Gasteiger partial charge in [0.15, 0.2) is 5.16 Å². The summed E-state index contributed by atoms with van der Waals surface area (Å²) in [4.78, 5) is 33.4. The number of likely N-dealkylation sites (N-methyl/N-ethyl adjacent to an activating group) is 1. The molecule has 1 aromatic heterocycles. The average molecular weight is 675 g/mol. The molecule has 4 aromatic rings. The lowest BCUT2D eigenvalue weighted by Crippen LogP contribution is -2.40. The molecular formula is C36H38F4N4O2S. The summed E-state index contributed by atoms with van der Waals surface area (Å²) in [6.07, 6.45) is -3.85. The van der Waals surface area contributed by atoms with Crippen LogP contribution in [-0.2, 0) is 42.6 Å². The molecule has 248 valence electrons. The van der Waals surface area contributed by atoms with Gasteiger partial charge in [0, 0.05) is 42.0 Å². The molecule has 3 aromatic carbocycles. The van der Waals surface area contributed by atoms with E-state index in [4.69, 9.17) is 8.22 Å². The molecule has 0 radical (unpaired) electrons. The fourth-order valence-electron chi connectivity index (χ4n) is 5.00. The van der Waals surface area contributed by atoms with Crippen molar-refractivity contribution in [3.05, 3.63) is 117 Å². The molecule has 0 spiro atoms. The normalized spacial score (nSPS) is 16.6. The molecule has 0 aliphatic heterocycles. The van der Waals surface area contributed by atoms with Crippen LogP contribution < -0.4 is 5.56 Å². The molecule has 0 atom stereocenters. The molecule has 0 unspecified atom stereocenters. The Hall–Kier alpha value is -3.96. The molecule has 5 rings (SSSR count). The lowest BCUT2D eigenvalue weighted by Gasteiger charge is -2.28. The van der Waals surface area contributed by atoms with E-state index < -0.39 is 65.9 Å². The van der Waals surface area contributed by atoms with E-state index in [0.29, 0.717) is 34.2 Å². The van der Waals surface area contributed by atoms with Crippen molar-refractivity contribution in [2.24, 2.45) is 0 Å². The quantitative estimate of drug-likeness (QED) is 0.0852. The topological polar surface area (TPSA) is 58.4 Å². The van der Waals surface area contributed by atoms with E-state index in [2.05, 4.69) is 4.98 Å². The summed E-state index contributed by atoms with van der Waals surface area (Å²) >= 11 is 0.312. The minimum atomic E-state index is -4.53. The van der Waals surface area contributed by atoms with Crippen LogP contribution in [0.2, 0.25) is 0 Å². The number of aromatic nitrogens is 2. The number of halogens is 4. The number of hydrogen-bond acceptors (Lipinski definition) is 5. The van der Waals surface area contributed by atoms with Crippen molar-refractivity contribution in [3.63, 3.8) is 0 Å². The van der Waals surface area contributed by atoms with E-state index in [1.807, 2.05) is 0 Å². The highest BCUT2D eigenvalue weighted by Gasteiger charge is 2.30. The van der Waals surface area contributed by atoms with Crippen LogP contribution >= 0.6 is 11.8 Å². The van der Waals surface area contributed by atoms with E-state index >= 15 is 0 Å². The maximum absolute atomic E-state index is 14.7. The standard InChI is InChI=1S/C36H38F4N4O2S/c1-3-42(4-2)20-21-43(22-25-8-12-27(13-9-25)28-14-16-29(17-15-28)36(38,39)40)33(45)23-44-32-7-5-6-31(32)34(46)41-35(44)47-24-26-10-18-30(37)19-11-26/h8-19H,3-7,20-24H2,1-2H3/i20D2,21D2,23D2,24D2. The molecule has 6 nitrogen and oxygen atoms in total. The molecule has 0 saturated heterocycles. The summed E-state index contributed by atoms with van der Waals surface area (Å²) in [7, 11) is 0. The molecule has 1 amide bonds. The second-order valence-corrected chi connectivity index (χ2v) is 11.5. The van der Waals surface area contributed by atoms with Crippen LogP contribution in [-0.4, -0.2) is 51.3 Å². The molecule has 1 aliphatic carbocycles. The number of rotatable bonds is 13. The first-order valence-electron chi connectivity index (χ1n) is 19.0. The maximum atomic E-state index is 14.7. The summed E-state index contributed by atoms with van der Waals surface area (Å²) in [5.74, 6) is -2.18. The first-order chi connectivity index (χ1) is 25.6. The van der Waals surface area contributed by atoms with Crippen LogP contribution in [0.25, 0.3) is 11.1 Å². The number of carbonyl (C=O) groups excluding carboxylic acids is 1. The Labute approximate surface area is 287 Å². The van der Waals surface area contributed by atoms with E-state index in [1.54, 1.807) is 13.8 Å². The van der Waals surface area contributed by atoms with E-state index in [-0.39, 0.29) is 48.3 Å². The van der Waals surface area contributed by atoms with E-state index in [0.717, 1.165) is 33.7 Å². The third-order valence-electron chi connectivity index (χ3n) is 7.61. The Kier molecular flexibility index (Phi) is 8.17. The first-order valence-corrected chi connectivity index (χ1v) is 15.8. The van der Waals surface area contributed by atoms with Crippen molar-refractivity contribution in [3.8, 4) is 11.1 Å². The van der Waals surface area contributed by atoms with Crippen molar-refractivity contribution in [1.29, 1.82) is 0 Å². The third-order valence-corrected chi connectivity index (χ3v) is 8.40. The highest BCUT2D eigenvalue weighted by atomic mass is 32.2. The summed E-state index contributed by atoms with van der Waals surface area (Å²) in [5, 5.41) is -0.536. The zero-order valence-corrected chi connectivity index (χ0v) is 26.5. The second kappa shape index (κ2) is 15.3. The highest BCUT2D eigenvalue weighted by molar-refractivity contribution is 7.98. The van der Waals surface area contributed by atoms with Crippen molar-refractivity contribution >= 4 is 17.7 Å². The number of fused-ring (bicyclic) bond motifs is 1. The van der Waals surface area contributed by atoms with Gasteiger partial charge in [-0.05, 0) is 78.9 Å². The summed E-state index contributed by atoms with van der Waals surface area (Å²) in [6.45, 7) is -6.82. The summed E-state index contributed by atoms with van der Waals surface area (Å²) < 4.78 is 126. The van der Waals surface area contributed by atoms with Crippen LogP contribution in [0.15, 0.2) is 82.7 Å². The van der Waals surface area contributed by atoms with Crippen LogP contribution in [0.5, 0.6) is 0 Å². The molecule has 1 aliphatic rings. The number of amides is 1. The Morgan fingerprint density at radius 2 is 1.53 bits per heavy atom. The second-order valence-electron chi connectivity index (χ2n) is 10.7. The van der Waals surface area contributed by atoms with Crippen molar-refractivity contribution in [1.82, 2.24) is 19.4 Å². The van der Waals surface area contributed by atoms with E-state index in [1.165, 1.54) is 48.5 Å². The molecule has 0 saturated carbocycles. The van der Waals surface area contributed by atoms with Gasteiger partial charge < -0.3 is 14.4 Å². The number of thioether (sulfide) groups is 1.